The Morgan fingerprint density at radius 1 is 1.21 bits per heavy atom. The first kappa shape index (κ1) is 9.41. The lowest BCUT2D eigenvalue weighted by atomic mass is 10.2. The molecule has 0 fully saturated rings. The van der Waals surface area contributed by atoms with Crippen molar-refractivity contribution in [3.63, 3.8) is 0 Å². The Hall–Kier alpha value is -1.15. The molecule has 0 amide bonds. The van der Waals surface area contributed by atoms with E-state index in [9.17, 15) is 0 Å². The Morgan fingerprint density at radius 2 is 2.07 bits per heavy atom. The van der Waals surface area contributed by atoms with Gasteiger partial charge in [-0.05, 0) is 12.5 Å². The molecule has 0 radical (unpaired) electrons. The number of alkyl halides is 1. The standard InChI is InChI=1S/C11H11ClN2/c12-7-3-6-11-13-8-9-4-1-2-5-10(9)14-11/h1-2,4-5,8H,3,6-7H2. The average molecular weight is 207 g/mol. The maximum absolute atomic E-state index is 5.61. The molecule has 0 aliphatic heterocycles. The number of rotatable bonds is 3. The summed E-state index contributed by atoms with van der Waals surface area (Å²) in [5, 5.41) is 1.09. The van der Waals surface area contributed by atoms with E-state index >= 15 is 0 Å². The van der Waals surface area contributed by atoms with E-state index < -0.39 is 0 Å². The zero-order valence-corrected chi connectivity index (χ0v) is 8.54. The smallest absolute Gasteiger partial charge is 0.129 e. The molecule has 0 saturated carbocycles. The van der Waals surface area contributed by atoms with Gasteiger partial charge in [0, 0.05) is 23.9 Å². The van der Waals surface area contributed by atoms with Gasteiger partial charge in [0.05, 0.1) is 5.52 Å². The minimum absolute atomic E-state index is 0.663. The number of fused-ring (bicyclic) bond motifs is 1. The molecule has 0 aliphatic carbocycles. The summed E-state index contributed by atoms with van der Waals surface area (Å²) in [6.45, 7) is 0. The first-order chi connectivity index (χ1) is 6.90. The summed E-state index contributed by atoms with van der Waals surface area (Å²) in [6.07, 6.45) is 3.65. The molecule has 2 aromatic rings. The first-order valence-electron chi connectivity index (χ1n) is 4.67. The normalized spacial score (nSPS) is 10.6. The van der Waals surface area contributed by atoms with Gasteiger partial charge in [0.15, 0.2) is 0 Å². The molecule has 2 rings (SSSR count). The molecular formula is C11H11ClN2. The van der Waals surface area contributed by atoms with Crippen LogP contribution < -0.4 is 0 Å². The minimum Gasteiger partial charge on any atom is -0.241 e. The summed E-state index contributed by atoms with van der Waals surface area (Å²) in [5.41, 5.74) is 1.01. The summed E-state index contributed by atoms with van der Waals surface area (Å²) in [7, 11) is 0. The van der Waals surface area contributed by atoms with Crippen LogP contribution in [0.15, 0.2) is 30.5 Å². The molecule has 0 bridgehead atoms. The predicted octanol–water partition coefficient (Wildman–Crippen LogP) is 2.80. The number of halogens is 1. The molecule has 0 atom stereocenters. The van der Waals surface area contributed by atoms with Gasteiger partial charge in [-0.3, -0.25) is 0 Å². The van der Waals surface area contributed by atoms with Crippen LogP contribution in [-0.2, 0) is 6.42 Å². The molecule has 1 heterocycles. The highest BCUT2D eigenvalue weighted by atomic mass is 35.5. The van der Waals surface area contributed by atoms with Crippen LogP contribution in [0.5, 0.6) is 0 Å². The van der Waals surface area contributed by atoms with Crippen molar-refractivity contribution in [2.24, 2.45) is 0 Å². The van der Waals surface area contributed by atoms with Crippen LogP contribution in [0.2, 0.25) is 0 Å². The van der Waals surface area contributed by atoms with E-state index in [-0.39, 0.29) is 0 Å². The molecule has 1 aromatic heterocycles. The molecule has 0 N–H and O–H groups in total. The molecule has 14 heavy (non-hydrogen) atoms. The van der Waals surface area contributed by atoms with Crippen molar-refractivity contribution in [1.82, 2.24) is 9.97 Å². The Kier molecular flexibility index (Phi) is 2.94. The van der Waals surface area contributed by atoms with Gasteiger partial charge in [0.2, 0.25) is 0 Å². The van der Waals surface area contributed by atoms with Crippen molar-refractivity contribution < 1.29 is 0 Å². The van der Waals surface area contributed by atoms with Crippen LogP contribution in [0, 0.1) is 0 Å². The fraction of sp³-hybridized carbons (Fsp3) is 0.273. The van der Waals surface area contributed by atoms with Crippen LogP contribution >= 0.6 is 11.6 Å². The number of hydrogen-bond acceptors (Lipinski definition) is 2. The van der Waals surface area contributed by atoms with Crippen LogP contribution in [0.25, 0.3) is 10.9 Å². The van der Waals surface area contributed by atoms with E-state index in [0.29, 0.717) is 5.88 Å². The zero-order valence-electron chi connectivity index (χ0n) is 7.78. The quantitative estimate of drug-likeness (QED) is 0.722. The second kappa shape index (κ2) is 4.38. The molecule has 2 nitrogen and oxygen atoms in total. The third-order valence-corrected chi connectivity index (χ3v) is 2.34. The molecule has 3 heteroatoms. The van der Waals surface area contributed by atoms with Crippen molar-refractivity contribution in [3.8, 4) is 0 Å². The molecule has 0 aliphatic rings. The van der Waals surface area contributed by atoms with Gasteiger partial charge in [-0.25, -0.2) is 9.97 Å². The maximum Gasteiger partial charge on any atom is 0.129 e. The van der Waals surface area contributed by atoms with E-state index in [1.165, 1.54) is 0 Å². The van der Waals surface area contributed by atoms with E-state index in [1.54, 1.807) is 0 Å². The first-order valence-corrected chi connectivity index (χ1v) is 5.20. The fourth-order valence-electron chi connectivity index (χ4n) is 1.36. The van der Waals surface area contributed by atoms with Gasteiger partial charge in [-0.15, -0.1) is 11.6 Å². The number of hydrogen-bond donors (Lipinski definition) is 0. The highest BCUT2D eigenvalue weighted by Gasteiger charge is 1.98. The molecule has 0 unspecified atom stereocenters. The van der Waals surface area contributed by atoms with Crippen molar-refractivity contribution in [3.05, 3.63) is 36.3 Å². The van der Waals surface area contributed by atoms with Crippen LogP contribution in [0.1, 0.15) is 12.2 Å². The molecule has 1 aromatic carbocycles. The highest BCUT2D eigenvalue weighted by Crippen LogP contribution is 2.10. The number of para-hydroxylation sites is 1. The lowest BCUT2D eigenvalue weighted by Crippen LogP contribution is -1.95. The number of aromatic nitrogens is 2. The second-order valence-electron chi connectivity index (χ2n) is 3.14. The third-order valence-electron chi connectivity index (χ3n) is 2.07. The van der Waals surface area contributed by atoms with Crippen molar-refractivity contribution in [2.45, 2.75) is 12.8 Å². The van der Waals surface area contributed by atoms with E-state index in [2.05, 4.69) is 9.97 Å². The SMILES string of the molecule is ClCCCc1ncc2ccccc2n1. The summed E-state index contributed by atoms with van der Waals surface area (Å²) in [5.74, 6) is 1.54. The van der Waals surface area contributed by atoms with Crippen LogP contribution in [0.4, 0.5) is 0 Å². The van der Waals surface area contributed by atoms with Crippen molar-refractivity contribution >= 4 is 22.5 Å². The monoisotopic (exact) mass is 206 g/mol. The average Bonchev–Trinajstić information content (AvgIpc) is 2.26. The molecular weight excluding hydrogens is 196 g/mol. The minimum atomic E-state index is 0.663. The summed E-state index contributed by atoms with van der Waals surface area (Å²) in [6, 6.07) is 7.99. The molecule has 72 valence electrons. The van der Waals surface area contributed by atoms with Crippen molar-refractivity contribution in [1.29, 1.82) is 0 Å². The van der Waals surface area contributed by atoms with Crippen LogP contribution in [0.3, 0.4) is 0 Å². The third kappa shape index (κ3) is 2.02. The van der Waals surface area contributed by atoms with Gasteiger partial charge < -0.3 is 0 Å². The second-order valence-corrected chi connectivity index (χ2v) is 3.52. The Bertz CT molecular complexity index is 428. The summed E-state index contributed by atoms with van der Waals surface area (Å²) < 4.78 is 0. The van der Waals surface area contributed by atoms with Gasteiger partial charge in [0.25, 0.3) is 0 Å². The van der Waals surface area contributed by atoms with Gasteiger partial charge in [0.1, 0.15) is 5.82 Å². The predicted molar refractivity (Wildman–Crippen MR) is 58.6 cm³/mol. The van der Waals surface area contributed by atoms with Crippen LogP contribution in [-0.4, -0.2) is 15.8 Å². The van der Waals surface area contributed by atoms with E-state index in [0.717, 1.165) is 29.6 Å². The lowest BCUT2D eigenvalue weighted by Gasteiger charge is -2.00. The van der Waals surface area contributed by atoms with Gasteiger partial charge in [-0.1, -0.05) is 18.2 Å². The summed E-state index contributed by atoms with van der Waals surface area (Å²) >= 11 is 5.61. The number of benzene rings is 1. The molecule has 0 saturated heterocycles. The number of aryl methyl sites for hydroxylation is 1. The molecule has 0 spiro atoms. The Morgan fingerprint density at radius 3 is 2.93 bits per heavy atom. The topological polar surface area (TPSA) is 25.8 Å². The number of nitrogens with zero attached hydrogens (tertiary/aromatic N) is 2. The van der Waals surface area contributed by atoms with Gasteiger partial charge >= 0.3 is 0 Å². The lowest BCUT2D eigenvalue weighted by molar-refractivity contribution is 0.849. The summed E-state index contributed by atoms with van der Waals surface area (Å²) in [4.78, 5) is 8.72. The zero-order chi connectivity index (χ0) is 9.80. The van der Waals surface area contributed by atoms with Gasteiger partial charge in [-0.2, -0.15) is 0 Å². The van der Waals surface area contributed by atoms with E-state index in [4.69, 9.17) is 11.6 Å². The van der Waals surface area contributed by atoms with Crippen molar-refractivity contribution in [2.75, 3.05) is 5.88 Å². The largest absolute Gasteiger partial charge is 0.241 e. The maximum atomic E-state index is 5.61. The Balaban J connectivity index is 2.32. The van der Waals surface area contributed by atoms with E-state index in [1.807, 2.05) is 30.5 Å². The highest BCUT2D eigenvalue weighted by molar-refractivity contribution is 6.17. The fourth-order valence-corrected chi connectivity index (χ4v) is 1.49. The Labute approximate surface area is 88.0 Å².